The Kier molecular flexibility index (Phi) is 7.29. The van der Waals surface area contributed by atoms with Crippen LogP contribution in [0.1, 0.15) is 58.9 Å². The van der Waals surface area contributed by atoms with Gasteiger partial charge in [-0.2, -0.15) is 0 Å². The van der Waals surface area contributed by atoms with Gasteiger partial charge in [0.2, 0.25) is 5.88 Å². The highest BCUT2D eigenvalue weighted by Gasteiger charge is 2.24. The monoisotopic (exact) mass is 473 g/mol. The third-order valence-corrected chi connectivity index (χ3v) is 6.47. The first-order valence-corrected chi connectivity index (χ1v) is 12.3. The average molecular weight is 474 g/mol. The van der Waals surface area contributed by atoms with Crippen molar-refractivity contribution in [3.8, 4) is 17.4 Å². The lowest BCUT2D eigenvalue weighted by molar-refractivity contribution is 0.135. The van der Waals surface area contributed by atoms with E-state index in [2.05, 4.69) is 32.7 Å². The molecule has 2 N–H and O–H groups in total. The second-order valence-corrected chi connectivity index (χ2v) is 10.3. The SMILES string of the molecule is CC1CCC(Oc2ccc(N(C(N)=O)c3cccnc3Oc3ccccc3C(C)(C)C)cc2)CC1. The first kappa shape index (κ1) is 24.6. The molecule has 1 aliphatic rings. The van der Waals surface area contributed by atoms with Crippen molar-refractivity contribution in [2.45, 2.75) is 64.9 Å². The number of pyridine rings is 1. The Morgan fingerprint density at radius 3 is 2.31 bits per heavy atom. The topological polar surface area (TPSA) is 77.7 Å². The Labute approximate surface area is 208 Å². The molecule has 0 spiro atoms. The van der Waals surface area contributed by atoms with E-state index in [-0.39, 0.29) is 11.5 Å². The van der Waals surface area contributed by atoms with Crippen LogP contribution in [0.25, 0.3) is 0 Å². The maximum atomic E-state index is 12.6. The van der Waals surface area contributed by atoms with Crippen LogP contribution in [0.5, 0.6) is 17.4 Å². The molecule has 1 aliphatic carbocycles. The standard InChI is InChI=1S/C29H35N3O3/c1-20-11-15-22(16-12-20)34-23-17-13-21(14-18-23)32(28(30)33)25-9-7-19-31-27(25)35-26-10-6-5-8-24(26)29(2,3)4/h5-10,13-14,17-20,22H,11-12,15-16H2,1-4H3,(H2,30,33). The molecule has 6 nitrogen and oxygen atoms in total. The summed E-state index contributed by atoms with van der Waals surface area (Å²) >= 11 is 0. The van der Waals surface area contributed by atoms with Crippen LogP contribution in [-0.4, -0.2) is 17.1 Å². The predicted molar refractivity (Wildman–Crippen MR) is 140 cm³/mol. The van der Waals surface area contributed by atoms with Crippen LogP contribution >= 0.6 is 0 Å². The van der Waals surface area contributed by atoms with E-state index in [1.165, 1.54) is 17.7 Å². The number of benzene rings is 2. The lowest BCUT2D eigenvalue weighted by Gasteiger charge is -2.27. The van der Waals surface area contributed by atoms with Gasteiger partial charge < -0.3 is 15.2 Å². The van der Waals surface area contributed by atoms with Crippen LogP contribution < -0.4 is 20.1 Å². The number of urea groups is 1. The minimum atomic E-state index is -0.623. The molecule has 0 aliphatic heterocycles. The van der Waals surface area contributed by atoms with Gasteiger partial charge in [0, 0.05) is 11.8 Å². The molecule has 184 valence electrons. The number of para-hydroxylation sites is 1. The maximum Gasteiger partial charge on any atom is 0.324 e. The van der Waals surface area contributed by atoms with Crippen LogP contribution in [0.3, 0.4) is 0 Å². The van der Waals surface area contributed by atoms with Gasteiger partial charge in [0.25, 0.3) is 0 Å². The van der Waals surface area contributed by atoms with Gasteiger partial charge in [-0.15, -0.1) is 0 Å². The molecule has 6 heteroatoms. The van der Waals surface area contributed by atoms with E-state index >= 15 is 0 Å². The number of nitrogens with two attached hydrogens (primary N) is 1. The number of carbonyl (C=O) groups excluding carboxylic acids is 1. The molecule has 0 radical (unpaired) electrons. The van der Waals surface area contributed by atoms with E-state index in [0.29, 0.717) is 23.0 Å². The summed E-state index contributed by atoms with van der Waals surface area (Å²) in [5.41, 5.74) is 7.84. The first-order chi connectivity index (χ1) is 16.7. The lowest BCUT2D eigenvalue weighted by Crippen LogP contribution is -2.31. The van der Waals surface area contributed by atoms with Gasteiger partial charge in [0.15, 0.2) is 0 Å². The van der Waals surface area contributed by atoms with Crippen molar-refractivity contribution in [1.29, 1.82) is 0 Å². The Hall–Kier alpha value is -3.54. The molecule has 2 aromatic carbocycles. The fourth-order valence-corrected chi connectivity index (χ4v) is 4.51. The van der Waals surface area contributed by atoms with E-state index in [0.717, 1.165) is 30.1 Å². The minimum absolute atomic E-state index is 0.124. The average Bonchev–Trinajstić information content (AvgIpc) is 2.82. The summed E-state index contributed by atoms with van der Waals surface area (Å²) < 4.78 is 12.4. The molecular weight excluding hydrogens is 438 g/mol. The molecule has 0 atom stereocenters. The van der Waals surface area contributed by atoms with Crippen LogP contribution in [0.15, 0.2) is 66.9 Å². The van der Waals surface area contributed by atoms with Crippen molar-refractivity contribution in [3.63, 3.8) is 0 Å². The number of nitrogens with zero attached hydrogens (tertiary/aromatic N) is 2. The third kappa shape index (κ3) is 5.94. The van der Waals surface area contributed by atoms with Crippen LogP contribution in [0, 0.1) is 5.92 Å². The molecule has 1 fully saturated rings. The number of hydrogen-bond acceptors (Lipinski definition) is 4. The summed E-state index contributed by atoms with van der Waals surface area (Å²) in [6.07, 6.45) is 6.41. The van der Waals surface area contributed by atoms with Crippen LogP contribution in [0.4, 0.5) is 16.2 Å². The Morgan fingerprint density at radius 2 is 1.66 bits per heavy atom. The number of aromatic nitrogens is 1. The zero-order chi connectivity index (χ0) is 25.0. The molecule has 3 aromatic rings. The normalized spacial score (nSPS) is 18.1. The number of anilines is 2. The van der Waals surface area contributed by atoms with E-state index in [1.807, 2.05) is 48.5 Å². The molecule has 0 bridgehead atoms. The highest BCUT2D eigenvalue weighted by molar-refractivity contribution is 5.99. The Morgan fingerprint density at radius 1 is 0.971 bits per heavy atom. The van der Waals surface area contributed by atoms with Crippen molar-refractivity contribution in [3.05, 3.63) is 72.4 Å². The van der Waals surface area contributed by atoms with Crippen molar-refractivity contribution in [2.24, 2.45) is 11.7 Å². The fourth-order valence-electron chi connectivity index (χ4n) is 4.51. The van der Waals surface area contributed by atoms with Crippen LogP contribution in [-0.2, 0) is 5.41 Å². The summed E-state index contributed by atoms with van der Waals surface area (Å²) in [6, 6.07) is 18.2. The second-order valence-electron chi connectivity index (χ2n) is 10.3. The summed E-state index contributed by atoms with van der Waals surface area (Å²) in [6.45, 7) is 8.67. The molecule has 4 rings (SSSR count). The first-order valence-electron chi connectivity index (χ1n) is 12.3. The molecule has 1 saturated carbocycles. The highest BCUT2D eigenvalue weighted by Crippen LogP contribution is 2.39. The van der Waals surface area contributed by atoms with Gasteiger partial charge in [0.1, 0.15) is 17.2 Å². The third-order valence-electron chi connectivity index (χ3n) is 6.47. The van der Waals surface area contributed by atoms with Gasteiger partial charge in [-0.1, -0.05) is 45.9 Å². The number of primary amides is 1. The molecule has 2 amide bonds. The Bertz CT molecular complexity index is 1150. The van der Waals surface area contributed by atoms with Gasteiger partial charge in [-0.25, -0.2) is 9.78 Å². The van der Waals surface area contributed by atoms with E-state index < -0.39 is 6.03 Å². The second kappa shape index (κ2) is 10.4. The summed E-state index contributed by atoms with van der Waals surface area (Å²) in [5, 5.41) is 0. The quantitative estimate of drug-likeness (QED) is 0.406. The van der Waals surface area contributed by atoms with E-state index in [1.54, 1.807) is 18.3 Å². The molecule has 0 unspecified atom stereocenters. The number of ether oxygens (including phenoxy) is 2. The largest absolute Gasteiger partial charge is 0.490 e. The predicted octanol–water partition coefficient (Wildman–Crippen LogP) is 7.35. The van der Waals surface area contributed by atoms with Crippen molar-refractivity contribution < 1.29 is 14.3 Å². The number of carbonyl (C=O) groups is 1. The van der Waals surface area contributed by atoms with Gasteiger partial charge in [0.05, 0.1) is 11.8 Å². The molecule has 1 aromatic heterocycles. The fraction of sp³-hybridized carbons (Fsp3) is 0.379. The highest BCUT2D eigenvalue weighted by atomic mass is 16.5. The number of amides is 2. The molecule has 0 saturated heterocycles. The summed E-state index contributed by atoms with van der Waals surface area (Å²) in [5.74, 6) is 2.56. The lowest BCUT2D eigenvalue weighted by atomic mass is 9.86. The number of hydrogen-bond donors (Lipinski definition) is 1. The van der Waals surface area contributed by atoms with E-state index in [9.17, 15) is 4.79 Å². The van der Waals surface area contributed by atoms with Crippen LogP contribution in [0.2, 0.25) is 0 Å². The van der Waals surface area contributed by atoms with Gasteiger partial charge in [-0.3, -0.25) is 4.90 Å². The molecule has 1 heterocycles. The maximum absolute atomic E-state index is 12.6. The number of rotatable bonds is 6. The van der Waals surface area contributed by atoms with Crippen molar-refractivity contribution in [2.75, 3.05) is 4.90 Å². The molecular formula is C29H35N3O3. The van der Waals surface area contributed by atoms with Gasteiger partial charge in [-0.05, 0) is 79.5 Å². The zero-order valence-corrected chi connectivity index (χ0v) is 21.0. The summed E-state index contributed by atoms with van der Waals surface area (Å²) in [4.78, 5) is 18.4. The summed E-state index contributed by atoms with van der Waals surface area (Å²) in [7, 11) is 0. The zero-order valence-electron chi connectivity index (χ0n) is 21.0. The van der Waals surface area contributed by atoms with E-state index in [4.69, 9.17) is 15.2 Å². The molecule has 35 heavy (non-hydrogen) atoms. The minimum Gasteiger partial charge on any atom is -0.490 e. The van der Waals surface area contributed by atoms with Crippen molar-refractivity contribution in [1.82, 2.24) is 4.98 Å². The van der Waals surface area contributed by atoms with Crippen molar-refractivity contribution >= 4 is 17.4 Å². The van der Waals surface area contributed by atoms with Gasteiger partial charge >= 0.3 is 6.03 Å². The smallest absolute Gasteiger partial charge is 0.324 e. The Balaban J connectivity index is 1.60.